The molecule has 0 saturated carbocycles. The molecule has 1 amide bonds. The first-order valence-electron chi connectivity index (χ1n) is 6.92. The summed E-state index contributed by atoms with van der Waals surface area (Å²) in [5.41, 5.74) is 2.34. The van der Waals surface area contributed by atoms with Crippen molar-refractivity contribution in [3.05, 3.63) is 40.5 Å². The lowest BCUT2D eigenvalue weighted by Crippen LogP contribution is -2.47. The highest BCUT2D eigenvalue weighted by Crippen LogP contribution is 2.21. The number of hydrogen-bond donors (Lipinski definition) is 1. The average molecular weight is 349 g/mol. The zero-order chi connectivity index (χ0) is 14.8. The molecule has 2 aromatic rings. The van der Waals surface area contributed by atoms with Gasteiger partial charge in [-0.25, -0.2) is 0 Å². The van der Waals surface area contributed by atoms with Crippen molar-refractivity contribution in [3.8, 4) is 11.3 Å². The van der Waals surface area contributed by atoms with E-state index >= 15 is 0 Å². The molecule has 5 nitrogen and oxygen atoms in total. The maximum atomic E-state index is 12.4. The Morgan fingerprint density at radius 3 is 2.52 bits per heavy atom. The van der Waals surface area contributed by atoms with Crippen molar-refractivity contribution in [2.45, 2.75) is 0 Å². The lowest BCUT2D eigenvalue weighted by molar-refractivity contribution is 0.0658. The number of benzene rings is 1. The van der Waals surface area contributed by atoms with E-state index in [4.69, 9.17) is 0 Å². The summed E-state index contributed by atoms with van der Waals surface area (Å²) in [6.45, 7) is 3.36. The van der Waals surface area contributed by atoms with E-state index < -0.39 is 0 Å². The number of piperazine rings is 1. The lowest BCUT2D eigenvalue weighted by Gasteiger charge is -2.31. The summed E-state index contributed by atoms with van der Waals surface area (Å²) in [7, 11) is 2.07. The van der Waals surface area contributed by atoms with Crippen LogP contribution in [0.25, 0.3) is 11.3 Å². The highest BCUT2D eigenvalue weighted by Gasteiger charge is 2.22. The van der Waals surface area contributed by atoms with Crippen molar-refractivity contribution < 1.29 is 4.79 Å². The Hall–Kier alpha value is -1.66. The van der Waals surface area contributed by atoms with Gasteiger partial charge in [0, 0.05) is 36.2 Å². The van der Waals surface area contributed by atoms with Gasteiger partial charge >= 0.3 is 0 Å². The Labute approximate surface area is 132 Å². The van der Waals surface area contributed by atoms with Gasteiger partial charge in [-0.15, -0.1) is 0 Å². The molecule has 6 heteroatoms. The predicted octanol–water partition coefficient (Wildman–Crippen LogP) is 2.23. The summed E-state index contributed by atoms with van der Waals surface area (Å²) >= 11 is 3.41. The minimum Gasteiger partial charge on any atom is -0.335 e. The van der Waals surface area contributed by atoms with Crippen LogP contribution in [0.15, 0.2) is 34.8 Å². The maximum absolute atomic E-state index is 12.4. The van der Waals surface area contributed by atoms with E-state index in [1.54, 1.807) is 0 Å². The number of carbonyl (C=O) groups excluding carboxylic acids is 1. The van der Waals surface area contributed by atoms with Crippen molar-refractivity contribution in [1.82, 2.24) is 20.0 Å². The summed E-state index contributed by atoms with van der Waals surface area (Å²) in [5.74, 6) is 0.0268. The van der Waals surface area contributed by atoms with E-state index in [0.29, 0.717) is 5.69 Å². The van der Waals surface area contributed by atoms with Gasteiger partial charge in [-0.3, -0.25) is 9.89 Å². The molecular weight excluding hydrogens is 332 g/mol. The number of hydrogen-bond acceptors (Lipinski definition) is 3. The zero-order valence-corrected chi connectivity index (χ0v) is 13.4. The van der Waals surface area contributed by atoms with Crippen LogP contribution in [-0.2, 0) is 0 Å². The number of rotatable bonds is 2. The number of aromatic nitrogens is 2. The average Bonchev–Trinajstić information content (AvgIpc) is 2.98. The van der Waals surface area contributed by atoms with Crippen LogP contribution in [0.4, 0.5) is 0 Å². The summed E-state index contributed by atoms with van der Waals surface area (Å²) < 4.78 is 1.02. The van der Waals surface area contributed by atoms with Crippen LogP contribution < -0.4 is 0 Å². The molecule has 1 aromatic heterocycles. The van der Waals surface area contributed by atoms with E-state index in [2.05, 4.69) is 38.1 Å². The van der Waals surface area contributed by atoms with Gasteiger partial charge in [0.2, 0.25) is 0 Å². The Balaban J connectivity index is 1.75. The Morgan fingerprint density at radius 2 is 1.86 bits per heavy atom. The normalized spacial score (nSPS) is 16.2. The molecule has 1 N–H and O–H groups in total. The number of nitrogens with zero attached hydrogens (tertiary/aromatic N) is 3. The molecule has 1 saturated heterocycles. The summed E-state index contributed by atoms with van der Waals surface area (Å²) in [6, 6.07) is 9.70. The maximum Gasteiger partial charge on any atom is 0.271 e. The third kappa shape index (κ3) is 3.16. The number of carbonyl (C=O) groups is 1. The third-order valence-electron chi connectivity index (χ3n) is 3.74. The topological polar surface area (TPSA) is 52.2 Å². The zero-order valence-electron chi connectivity index (χ0n) is 11.8. The number of aromatic amines is 1. The van der Waals surface area contributed by atoms with Crippen LogP contribution in [0, 0.1) is 0 Å². The second-order valence-electron chi connectivity index (χ2n) is 5.27. The smallest absolute Gasteiger partial charge is 0.271 e. The van der Waals surface area contributed by atoms with E-state index in [9.17, 15) is 4.79 Å². The van der Waals surface area contributed by atoms with E-state index in [1.165, 1.54) is 0 Å². The molecular formula is C15H17BrN4O. The first kappa shape index (κ1) is 14.3. The molecule has 110 valence electrons. The molecule has 0 aliphatic carbocycles. The van der Waals surface area contributed by atoms with Crippen LogP contribution in [-0.4, -0.2) is 59.1 Å². The van der Waals surface area contributed by atoms with Gasteiger partial charge in [0.05, 0.1) is 5.69 Å². The van der Waals surface area contributed by atoms with Crippen molar-refractivity contribution in [2.75, 3.05) is 33.2 Å². The van der Waals surface area contributed by atoms with Crippen molar-refractivity contribution in [1.29, 1.82) is 0 Å². The summed E-state index contributed by atoms with van der Waals surface area (Å²) in [6.07, 6.45) is 0. The van der Waals surface area contributed by atoms with Gasteiger partial charge in [0.25, 0.3) is 5.91 Å². The molecule has 1 fully saturated rings. The third-order valence-corrected chi connectivity index (χ3v) is 4.27. The Bertz CT molecular complexity index is 629. The second kappa shape index (κ2) is 5.99. The molecule has 0 bridgehead atoms. The molecule has 0 radical (unpaired) electrons. The summed E-state index contributed by atoms with van der Waals surface area (Å²) in [5, 5.41) is 7.11. The van der Waals surface area contributed by atoms with Crippen molar-refractivity contribution >= 4 is 21.8 Å². The molecule has 0 atom stereocenters. The van der Waals surface area contributed by atoms with E-state index in [0.717, 1.165) is 41.9 Å². The lowest BCUT2D eigenvalue weighted by atomic mass is 10.1. The first-order valence-corrected chi connectivity index (χ1v) is 7.72. The van der Waals surface area contributed by atoms with E-state index in [1.807, 2.05) is 35.2 Å². The van der Waals surface area contributed by atoms with Gasteiger partial charge < -0.3 is 9.80 Å². The molecule has 21 heavy (non-hydrogen) atoms. The van der Waals surface area contributed by atoms with Crippen molar-refractivity contribution in [3.63, 3.8) is 0 Å². The van der Waals surface area contributed by atoms with Crippen LogP contribution in [0.1, 0.15) is 10.5 Å². The predicted molar refractivity (Wildman–Crippen MR) is 85.1 cm³/mol. The fraction of sp³-hybridized carbons (Fsp3) is 0.333. The Morgan fingerprint density at radius 1 is 1.19 bits per heavy atom. The van der Waals surface area contributed by atoms with E-state index in [-0.39, 0.29) is 5.91 Å². The summed E-state index contributed by atoms with van der Waals surface area (Å²) in [4.78, 5) is 16.5. The number of halogens is 1. The number of nitrogens with one attached hydrogen (secondary N) is 1. The molecule has 0 spiro atoms. The van der Waals surface area contributed by atoms with Gasteiger partial charge in [-0.2, -0.15) is 5.10 Å². The Kier molecular flexibility index (Phi) is 4.07. The fourth-order valence-electron chi connectivity index (χ4n) is 2.38. The molecule has 1 aliphatic heterocycles. The SMILES string of the molecule is CN1CCN(C(=O)c2cc(-c3ccc(Br)cc3)n[nH]2)CC1. The molecule has 3 rings (SSSR count). The van der Waals surface area contributed by atoms with Gasteiger partial charge in [-0.05, 0) is 25.2 Å². The quantitative estimate of drug-likeness (QED) is 0.905. The molecule has 2 heterocycles. The molecule has 1 aromatic carbocycles. The first-order chi connectivity index (χ1) is 10.1. The van der Waals surface area contributed by atoms with Crippen LogP contribution in [0.2, 0.25) is 0 Å². The monoisotopic (exact) mass is 348 g/mol. The number of likely N-dealkylation sites (N-methyl/N-ethyl adjacent to an activating group) is 1. The molecule has 0 unspecified atom stereocenters. The fourth-order valence-corrected chi connectivity index (χ4v) is 2.64. The van der Waals surface area contributed by atoms with Crippen LogP contribution >= 0.6 is 15.9 Å². The van der Waals surface area contributed by atoms with Gasteiger partial charge in [0.1, 0.15) is 5.69 Å². The highest BCUT2D eigenvalue weighted by atomic mass is 79.9. The van der Waals surface area contributed by atoms with Crippen LogP contribution in [0.3, 0.4) is 0 Å². The minimum atomic E-state index is 0.0268. The van der Waals surface area contributed by atoms with Crippen LogP contribution in [0.5, 0.6) is 0 Å². The number of amides is 1. The van der Waals surface area contributed by atoms with Gasteiger partial charge in [-0.1, -0.05) is 28.1 Å². The second-order valence-corrected chi connectivity index (χ2v) is 6.18. The standard InChI is InChI=1S/C15H17BrN4O/c1-19-6-8-20(9-7-19)15(21)14-10-13(17-18-14)11-2-4-12(16)5-3-11/h2-5,10H,6-9H2,1H3,(H,17,18). The largest absolute Gasteiger partial charge is 0.335 e. The minimum absolute atomic E-state index is 0.0268. The highest BCUT2D eigenvalue weighted by molar-refractivity contribution is 9.10. The number of H-pyrrole nitrogens is 1. The van der Waals surface area contributed by atoms with Crippen molar-refractivity contribution in [2.24, 2.45) is 0 Å². The van der Waals surface area contributed by atoms with Gasteiger partial charge in [0.15, 0.2) is 0 Å². The molecule has 1 aliphatic rings.